The summed E-state index contributed by atoms with van der Waals surface area (Å²) in [6, 6.07) is 13.3. The van der Waals surface area contributed by atoms with Gasteiger partial charge in [0, 0.05) is 24.5 Å². The number of rotatable bonds is 3. The molecule has 20 heavy (non-hydrogen) atoms. The molecule has 1 aromatic heterocycles. The van der Waals surface area contributed by atoms with E-state index in [1.807, 2.05) is 13.2 Å². The van der Waals surface area contributed by atoms with Gasteiger partial charge in [-0.15, -0.1) is 0 Å². The van der Waals surface area contributed by atoms with E-state index in [9.17, 15) is 0 Å². The molecule has 3 nitrogen and oxygen atoms in total. The topological polar surface area (TPSA) is 28.2 Å². The fraction of sp³-hybridized carbons (Fsp3) is 0.353. The van der Waals surface area contributed by atoms with Crippen LogP contribution in [0.2, 0.25) is 0 Å². The lowest BCUT2D eigenvalue weighted by Gasteiger charge is -2.30. The Morgan fingerprint density at radius 1 is 1.20 bits per heavy atom. The van der Waals surface area contributed by atoms with Crippen molar-refractivity contribution in [3.63, 3.8) is 0 Å². The molecule has 104 valence electrons. The van der Waals surface area contributed by atoms with E-state index in [1.54, 1.807) is 0 Å². The zero-order chi connectivity index (χ0) is 13.9. The summed E-state index contributed by atoms with van der Waals surface area (Å²) >= 11 is 0. The third-order valence-corrected chi connectivity index (χ3v) is 4.09. The predicted molar refractivity (Wildman–Crippen MR) is 83.5 cm³/mol. The number of fused-ring (bicyclic) bond motifs is 1. The quantitative estimate of drug-likeness (QED) is 0.923. The number of benzene rings is 1. The molecule has 0 amide bonds. The van der Waals surface area contributed by atoms with Gasteiger partial charge in [0.15, 0.2) is 0 Å². The lowest BCUT2D eigenvalue weighted by molar-refractivity contribution is 0.649. The van der Waals surface area contributed by atoms with Crippen LogP contribution in [-0.4, -0.2) is 18.6 Å². The van der Waals surface area contributed by atoms with Crippen molar-refractivity contribution in [2.45, 2.75) is 25.8 Å². The zero-order valence-corrected chi connectivity index (χ0v) is 12.1. The molecule has 1 aromatic carbocycles. The average molecular weight is 267 g/mol. The minimum atomic E-state index is 0.338. The fourth-order valence-electron chi connectivity index (χ4n) is 2.75. The van der Waals surface area contributed by atoms with Crippen molar-refractivity contribution in [2.75, 3.05) is 18.5 Å². The van der Waals surface area contributed by atoms with E-state index in [0.717, 1.165) is 12.4 Å². The molecular weight excluding hydrogens is 246 g/mol. The van der Waals surface area contributed by atoms with Crippen LogP contribution in [-0.2, 0) is 6.42 Å². The molecule has 2 aromatic rings. The Morgan fingerprint density at radius 2 is 2.05 bits per heavy atom. The molecule has 3 rings (SSSR count). The maximum atomic E-state index is 4.66. The van der Waals surface area contributed by atoms with Gasteiger partial charge in [-0.1, -0.05) is 24.3 Å². The first-order valence-corrected chi connectivity index (χ1v) is 7.28. The zero-order valence-electron chi connectivity index (χ0n) is 12.1. The first-order chi connectivity index (χ1) is 9.79. The summed E-state index contributed by atoms with van der Waals surface area (Å²) in [4.78, 5) is 6.98. The second-order valence-corrected chi connectivity index (χ2v) is 5.34. The van der Waals surface area contributed by atoms with Crippen molar-refractivity contribution in [1.82, 2.24) is 10.3 Å². The molecular formula is C17H21N3. The molecule has 1 N–H and O–H groups in total. The van der Waals surface area contributed by atoms with Crippen LogP contribution < -0.4 is 10.2 Å². The summed E-state index contributed by atoms with van der Waals surface area (Å²) in [6.45, 7) is 3.19. The van der Waals surface area contributed by atoms with Crippen molar-refractivity contribution in [3.05, 3.63) is 53.7 Å². The second kappa shape index (κ2) is 5.63. The van der Waals surface area contributed by atoms with Gasteiger partial charge in [-0.25, -0.2) is 4.98 Å². The molecule has 1 unspecified atom stereocenters. The number of hydrogen-bond donors (Lipinski definition) is 1. The van der Waals surface area contributed by atoms with Crippen molar-refractivity contribution in [3.8, 4) is 0 Å². The van der Waals surface area contributed by atoms with Crippen LogP contribution in [0, 0.1) is 0 Å². The van der Waals surface area contributed by atoms with Crippen LogP contribution in [0.3, 0.4) is 0 Å². The van der Waals surface area contributed by atoms with Crippen LogP contribution in [0.1, 0.15) is 30.5 Å². The number of nitrogens with zero attached hydrogens (tertiary/aromatic N) is 2. The standard InChI is InChI=1S/C17H21N3/c1-13(18-2)15-9-10-17(19-12-15)20-11-5-7-14-6-3-4-8-16(14)20/h3-4,6,8-10,12-13,18H,5,7,11H2,1-2H3. The van der Waals surface area contributed by atoms with Gasteiger partial charge in [0.05, 0.1) is 0 Å². The average Bonchev–Trinajstić information content (AvgIpc) is 2.54. The van der Waals surface area contributed by atoms with E-state index in [2.05, 4.69) is 58.5 Å². The molecule has 0 bridgehead atoms. The van der Waals surface area contributed by atoms with Gasteiger partial charge < -0.3 is 10.2 Å². The van der Waals surface area contributed by atoms with E-state index in [4.69, 9.17) is 0 Å². The van der Waals surface area contributed by atoms with Crippen molar-refractivity contribution >= 4 is 11.5 Å². The number of para-hydroxylation sites is 1. The molecule has 1 aliphatic rings. The Labute approximate surface area is 120 Å². The van der Waals surface area contributed by atoms with Gasteiger partial charge >= 0.3 is 0 Å². The van der Waals surface area contributed by atoms with E-state index < -0.39 is 0 Å². The smallest absolute Gasteiger partial charge is 0.132 e. The molecule has 1 aliphatic heterocycles. The van der Waals surface area contributed by atoms with Gasteiger partial charge in [-0.3, -0.25) is 0 Å². The maximum Gasteiger partial charge on any atom is 0.132 e. The van der Waals surface area contributed by atoms with E-state index >= 15 is 0 Å². The van der Waals surface area contributed by atoms with Gasteiger partial charge in [0.2, 0.25) is 0 Å². The molecule has 2 heterocycles. The normalized spacial score (nSPS) is 15.8. The SMILES string of the molecule is CNC(C)c1ccc(N2CCCc3ccccc32)nc1. The van der Waals surface area contributed by atoms with Crippen LogP contribution in [0.15, 0.2) is 42.6 Å². The van der Waals surface area contributed by atoms with E-state index in [1.165, 1.54) is 29.7 Å². The van der Waals surface area contributed by atoms with Crippen LogP contribution in [0.25, 0.3) is 0 Å². The number of anilines is 2. The first kappa shape index (κ1) is 13.1. The Kier molecular flexibility index (Phi) is 3.70. The lowest BCUT2D eigenvalue weighted by Crippen LogP contribution is -2.25. The summed E-state index contributed by atoms with van der Waals surface area (Å²) < 4.78 is 0. The number of aryl methyl sites for hydroxylation is 1. The number of pyridine rings is 1. The molecule has 1 atom stereocenters. The Balaban J connectivity index is 1.91. The summed E-state index contributed by atoms with van der Waals surface area (Å²) in [5, 5.41) is 3.24. The van der Waals surface area contributed by atoms with Gasteiger partial charge in [-0.05, 0) is 50.1 Å². The second-order valence-electron chi connectivity index (χ2n) is 5.34. The molecule has 3 heteroatoms. The number of aromatic nitrogens is 1. The highest BCUT2D eigenvalue weighted by molar-refractivity contribution is 5.65. The Bertz CT molecular complexity index is 577. The Hall–Kier alpha value is -1.87. The molecule has 0 saturated carbocycles. The largest absolute Gasteiger partial charge is 0.326 e. The third-order valence-electron chi connectivity index (χ3n) is 4.09. The molecule has 0 saturated heterocycles. The summed E-state index contributed by atoms with van der Waals surface area (Å²) in [6.07, 6.45) is 4.34. The minimum absolute atomic E-state index is 0.338. The highest BCUT2D eigenvalue weighted by Crippen LogP contribution is 2.32. The number of hydrogen-bond acceptors (Lipinski definition) is 3. The van der Waals surface area contributed by atoms with Crippen LogP contribution in [0.5, 0.6) is 0 Å². The number of nitrogens with one attached hydrogen (secondary N) is 1. The van der Waals surface area contributed by atoms with Crippen molar-refractivity contribution in [2.24, 2.45) is 0 Å². The highest BCUT2D eigenvalue weighted by Gasteiger charge is 2.18. The summed E-state index contributed by atoms with van der Waals surface area (Å²) in [5.74, 6) is 1.05. The van der Waals surface area contributed by atoms with Gasteiger partial charge in [0.25, 0.3) is 0 Å². The molecule has 0 radical (unpaired) electrons. The highest BCUT2D eigenvalue weighted by atomic mass is 15.2. The first-order valence-electron chi connectivity index (χ1n) is 7.28. The summed E-state index contributed by atoms with van der Waals surface area (Å²) in [7, 11) is 1.97. The van der Waals surface area contributed by atoms with Gasteiger partial charge in [-0.2, -0.15) is 0 Å². The molecule has 0 aliphatic carbocycles. The van der Waals surface area contributed by atoms with Crippen molar-refractivity contribution in [1.29, 1.82) is 0 Å². The van der Waals surface area contributed by atoms with Gasteiger partial charge in [0.1, 0.15) is 5.82 Å². The van der Waals surface area contributed by atoms with Crippen molar-refractivity contribution < 1.29 is 0 Å². The lowest BCUT2D eigenvalue weighted by atomic mass is 10.0. The van der Waals surface area contributed by atoms with E-state index in [-0.39, 0.29) is 0 Å². The predicted octanol–water partition coefficient (Wildman–Crippen LogP) is 3.45. The summed E-state index contributed by atoms with van der Waals surface area (Å²) in [5.41, 5.74) is 3.95. The Morgan fingerprint density at radius 3 is 2.80 bits per heavy atom. The molecule has 0 fully saturated rings. The third kappa shape index (κ3) is 2.41. The monoisotopic (exact) mass is 267 g/mol. The van der Waals surface area contributed by atoms with Crippen LogP contribution in [0.4, 0.5) is 11.5 Å². The fourth-order valence-corrected chi connectivity index (χ4v) is 2.75. The molecule has 0 spiro atoms. The van der Waals surface area contributed by atoms with Crippen LogP contribution >= 0.6 is 0 Å². The van der Waals surface area contributed by atoms with E-state index in [0.29, 0.717) is 6.04 Å². The maximum absolute atomic E-state index is 4.66. The minimum Gasteiger partial charge on any atom is -0.326 e.